The van der Waals surface area contributed by atoms with Gasteiger partial charge in [-0.3, -0.25) is 4.79 Å². The number of hydrogen-bond donors (Lipinski definition) is 1. The maximum Gasteiger partial charge on any atom is 0.239 e. The fourth-order valence-corrected chi connectivity index (χ4v) is 1.88. The zero-order chi connectivity index (χ0) is 13.8. The first kappa shape index (κ1) is 17.9. The fraction of sp³-hybridized carbons (Fsp3) is 0.533. The van der Waals surface area contributed by atoms with Gasteiger partial charge in [0.25, 0.3) is 0 Å². The van der Waals surface area contributed by atoms with Crippen molar-refractivity contribution in [1.29, 1.82) is 0 Å². The topological polar surface area (TPSA) is 46.3 Å². The summed E-state index contributed by atoms with van der Waals surface area (Å²) in [5, 5.41) is 0. The summed E-state index contributed by atoms with van der Waals surface area (Å²) in [5.74, 6) is 0.00813. The Morgan fingerprint density at radius 1 is 1.26 bits per heavy atom. The summed E-state index contributed by atoms with van der Waals surface area (Å²) in [6.07, 6.45) is 0. The van der Waals surface area contributed by atoms with Gasteiger partial charge in [-0.2, -0.15) is 0 Å². The van der Waals surface area contributed by atoms with Gasteiger partial charge in [0.05, 0.1) is 6.04 Å². The van der Waals surface area contributed by atoms with Crippen molar-refractivity contribution in [2.45, 2.75) is 40.3 Å². The van der Waals surface area contributed by atoms with Gasteiger partial charge in [0.15, 0.2) is 0 Å². The molecule has 1 aromatic carbocycles. The summed E-state index contributed by atoms with van der Waals surface area (Å²) in [6, 6.07) is 9.57. The highest BCUT2D eigenvalue weighted by molar-refractivity contribution is 5.85. The number of rotatable bonds is 4. The summed E-state index contributed by atoms with van der Waals surface area (Å²) in [5.41, 5.74) is 6.92. The van der Waals surface area contributed by atoms with Crippen molar-refractivity contribution in [3.63, 3.8) is 0 Å². The van der Waals surface area contributed by atoms with Crippen LogP contribution < -0.4 is 5.73 Å². The standard InChI is InChI=1S/C15H24N2O.ClH/c1-12(16)14(18)17(11-15(2,3)4)10-13-8-6-5-7-9-13;/h5-9,12H,10-11,16H2,1-4H3;1H/t12-;/m0./s1. The smallest absolute Gasteiger partial charge is 0.239 e. The first-order valence-corrected chi connectivity index (χ1v) is 6.38. The highest BCUT2D eigenvalue weighted by Gasteiger charge is 2.23. The van der Waals surface area contributed by atoms with Crippen molar-refractivity contribution in [3.8, 4) is 0 Å². The van der Waals surface area contributed by atoms with Crippen molar-refractivity contribution < 1.29 is 4.79 Å². The molecule has 0 saturated heterocycles. The van der Waals surface area contributed by atoms with Gasteiger partial charge in [-0.15, -0.1) is 12.4 Å². The van der Waals surface area contributed by atoms with Gasteiger partial charge < -0.3 is 10.6 Å². The average molecular weight is 285 g/mol. The summed E-state index contributed by atoms with van der Waals surface area (Å²) >= 11 is 0. The molecule has 0 heterocycles. The predicted octanol–water partition coefficient (Wildman–Crippen LogP) is 2.83. The molecule has 0 saturated carbocycles. The largest absolute Gasteiger partial charge is 0.337 e. The lowest BCUT2D eigenvalue weighted by atomic mass is 9.95. The number of carbonyl (C=O) groups excluding carboxylic acids is 1. The lowest BCUT2D eigenvalue weighted by molar-refractivity contribution is -0.134. The van der Waals surface area contributed by atoms with Crippen molar-refractivity contribution in [2.24, 2.45) is 11.1 Å². The highest BCUT2D eigenvalue weighted by Crippen LogP contribution is 2.17. The van der Waals surface area contributed by atoms with E-state index in [-0.39, 0.29) is 23.7 Å². The van der Waals surface area contributed by atoms with Crippen molar-refractivity contribution >= 4 is 18.3 Å². The lowest BCUT2D eigenvalue weighted by Gasteiger charge is -2.31. The molecular weight excluding hydrogens is 260 g/mol. The molecule has 0 bridgehead atoms. The van der Waals surface area contributed by atoms with E-state index in [1.54, 1.807) is 6.92 Å². The molecule has 1 aromatic rings. The van der Waals surface area contributed by atoms with E-state index in [0.717, 1.165) is 5.56 Å². The molecule has 4 heteroatoms. The Morgan fingerprint density at radius 2 is 1.79 bits per heavy atom. The molecule has 1 atom stereocenters. The van der Waals surface area contributed by atoms with Gasteiger partial charge in [0.1, 0.15) is 0 Å². The maximum atomic E-state index is 12.1. The van der Waals surface area contributed by atoms with Gasteiger partial charge >= 0.3 is 0 Å². The molecule has 108 valence electrons. The van der Waals surface area contributed by atoms with E-state index in [2.05, 4.69) is 20.8 Å². The van der Waals surface area contributed by atoms with Crippen molar-refractivity contribution in [1.82, 2.24) is 4.90 Å². The molecule has 0 aliphatic carbocycles. The third-order valence-corrected chi connectivity index (χ3v) is 2.58. The quantitative estimate of drug-likeness (QED) is 0.924. The van der Waals surface area contributed by atoms with E-state index in [0.29, 0.717) is 13.1 Å². The van der Waals surface area contributed by atoms with Crippen LogP contribution in [0.1, 0.15) is 33.3 Å². The van der Waals surface area contributed by atoms with Gasteiger partial charge in [0, 0.05) is 13.1 Å². The van der Waals surface area contributed by atoms with E-state index >= 15 is 0 Å². The lowest BCUT2D eigenvalue weighted by Crippen LogP contribution is -2.45. The zero-order valence-electron chi connectivity index (χ0n) is 12.2. The van der Waals surface area contributed by atoms with Gasteiger partial charge in [-0.1, -0.05) is 51.1 Å². The minimum Gasteiger partial charge on any atom is -0.337 e. The molecule has 1 rings (SSSR count). The molecule has 19 heavy (non-hydrogen) atoms. The molecule has 0 unspecified atom stereocenters. The molecule has 3 nitrogen and oxygen atoms in total. The second-order valence-corrected chi connectivity index (χ2v) is 6.03. The third kappa shape index (κ3) is 6.60. The first-order chi connectivity index (χ1) is 8.29. The Morgan fingerprint density at radius 3 is 2.21 bits per heavy atom. The van der Waals surface area contributed by atoms with E-state index in [1.807, 2.05) is 35.2 Å². The minimum atomic E-state index is -0.448. The molecule has 1 amide bonds. The number of amides is 1. The molecule has 0 aromatic heterocycles. The predicted molar refractivity (Wildman–Crippen MR) is 82.2 cm³/mol. The maximum absolute atomic E-state index is 12.1. The summed E-state index contributed by atoms with van der Waals surface area (Å²) in [7, 11) is 0. The van der Waals surface area contributed by atoms with Crippen LogP contribution in [0.3, 0.4) is 0 Å². The van der Waals surface area contributed by atoms with E-state index < -0.39 is 6.04 Å². The Hall–Kier alpha value is -1.06. The number of halogens is 1. The fourth-order valence-electron chi connectivity index (χ4n) is 1.88. The van der Waals surface area contributed by atoms with E-state index in [4.69, 9.17) is 5.73 Å². The van der Waals surface area contributed by atoms with Crippen LogP contribution in [-0.2, 0) is 11.3 Å². The second-order valence-electron chi connectivity index (χ2n) is 6.03. The molecule has 0 aliphatic heterocycles. The van der Waals surface area contributed by atoms with Crippen LogP contribution in [0, 0.1) is 5.41 Å². The van der Waals surface area contributed by atoms with Crippen LogP contribution in [0.5, 0.6) is 0 Å². The molecule has 0 fully saturated rings. The Bertz CT molecular complexity index is 385. The number of nitrogens with zero attached hydrogens (tertiary/aromatic N) is 1. The first-order valence-electron chi connectivity index (χ1n) is 6.38. The Labute approximate surface area is 122 Å². The Kier molecular flexibility index (Phi) is 7.09. The van der Waals surface area contributed by atoms with Crippen LogP contribution in [-0.4, -0.2) is 23.4 Å². The third-order valence-electron chi connectivity index (χ3n) is 2.58. The van der Waals surface area contributed by atoms with Gasteiger partial charge in [-0.05, 0) is 17.9 Å². The van der Waals surface area contributed by atoms with Crippen LogP contribution in [0.25, 0.3) is 0 Å². The molecule has 0 spiro atoms. The normalized spacial score (nSPS) is 12.5. The van der Waals surface area contributed by atoms with Gasteiger partial charge in [0.2, 0.25) is 5.91 Å². The average Bonchev–Trinajstić information content (AvgIpc) is 2.26. The van der Waals surface area contributed by atoms with Gasteiger partial charge in [-0.25, -0.2) is 0 Å². The van der Waals surface area contributed by atoms with E-state index in [1.165, 1.54) is 0 Å². The zero-order valence-corrected chi connectivity index (χ0v) is 13.0. The minimum absolute atomic E-state index is 0. The molecule has 2 N–H and O–H groups in total. The molecule has 0 aliphatic rings. The monoisotopic (exact) mass is 284 g/mol. The molecular formula is C15H25ClN2O. The van der Waals surface area contributed by atoms with Crippen molar-refractivity contribution in [3.05, 3.63) is 35.9 Å². The van der Waals surface area contributed by atoms with Crippen LogP contribution in [0.4, 0.5) is 0 Å². The van der Waals surface area contributed by atoms with Crippen molar-refractivity contribution in [2.75, 3.05) is 6.54 Å². The van der Waals surface area contributed by atoms with Crippen LogP contribution in [0.15, 0.2) is 30.3 Å². The summed E-state index contributed by atoms with van der Waals surface area (Å²) in [6.45, 7) is 9.45. The number of hydrogen-bond acceptors (Lipinski definition) is 2. The van der Waals surface area contributed by atoms with Crippen LogP contribution in [0.2, 0.25) is 0 Å². The number of nitrogens with two attached hydrogens (primary N) is 1. The van der Waals surface area contributed by atoms with E-state index in [9.17, 15) is 4.79 Å². The Balaban J connectivity index is 0.00000324. The number of benzene rings is 1. The second kappa shape index (κ2) is 7.51. The number of carbonyl (C=O) groups is 1. The van der Waals surface area contributed by atoms with Crippen LogP contribution >= 0.6 is 12.4 Å². The highest BCUT2D eigenvalue weighted by atomic mass is 35.5. The SMILES string of the molecule is C[C@H](N)C(=O)N(Cc1ccccc1)CC(C)(C)C.Cl. The summed E-state index contributed by atoms with van der Waals surface area (Å²) < 4.78 is 0. The molecule has 0 radical (unpaired) electrons. The summed E-state index contributed by atoms with van der Waals surface area (Å²) in [4.78, 5) is 14.0.